The highest BCUT2D eigenvalue weighted by atomic mass is 32.2. The van der Waals surface area contributed by atoms with Gasteiger partial charge in [-0.05, 0) is 43.7 Å². The van der Waals surface area contributed by atoms with Crippen molar-refractivity contribution in [2.24, 2.45) is 7.05 Å². The standard InChI is InChI=1S/C19H20FN5OS/c1-12(14-4-6-16(20)7-5-14)22-18(26)13(2)27-19-24-23-17(25(19)3)15-8-10-21-11-9-15/h4-13H,1-3H3,(H,22,26)/t12-,13+/m1/s1. The summed E-state index contributed by atoms with van der Waals surface area (Å²) in [4.78, 5) is 16.5. The first-order valence-corrected chi connectivity index (χ1v) is 9.36. The summed E-state index contributed by atoms with van der Waals surface area (Å²) < 4.78 is 14.9. The minimum atomic E-state index is -0.360. The van der Waals surface area contributed by atoms with Gasteiger partial charge in [-0.1, -0.05) is 23.9 Å². The highest BCUT2D eigenvalue weighted by molar-refractivity contribution is 8.00. The smallest absolute Gasteiger partial charge is 0.233 e. The Bertz CT molecular complexity index is 914. The van der Waals surface area contributed by atoms with E-state index in [1.807, 2.05) is 37.6 Å². The van der Waals surface area contributed by atoms with Crippen molar-refractivity contribution in [3.05, 3.63) is 60.2 Å². The number of hydrogen-bond acceptors (Lipinski definition) is 5. The SMILES string of the molecule is C[C@H](Sc1nnc(-c2ccncc2)n1C)C(=O)N[C@H](C)c1ccc(F)cc1. The van der Waals surface area contributed by atoms with Crippen molar-refractivity contribution >= 4 is 17.7 Å². The number of aromatic nitrogens is 4. The summed E-state index contributed by atoms with van der Waals surface area (Å²) in [6.07, 6.45) is 3.40. The first-order chi connectivity index (χ1) is 13.0. The second kappa shape index (κ2) is 8.30. The molecule has 0 saturated carbocycles. The molecule has 1 N–H and O–H groups in total. The van der Waals surface area contributed by atoms with Gasteiger partial charge in [0.25, 0.3) is 0 Å². The first kappa shape index (κ1) is 19.0. The Hall–Kier alpha value is -2.74. The number of amides is 1. The van der Waals surface area contributed by atoms with Crippen molar-refractivity contribution in [3.8, 4) is 11.4 Å². The van der Waals surface area contributed by atoms with Crippen LogP contribution < -0.4 is 5.32 Å². The lowest BCUT2D eigenvalue weighted by atomic mass is 10.1. The fourth-order valence-electron chi connectivity index (χ4n) is 2.55. The van der Waals surface area contributed by atoms with Crippen LogP contribution in [0.1, 0.15) is 25.5 Å². The maximum absolute atomic E-state index is 13.0. The number of hydrogen-bond donors (Lipinski definition) is 1. The maximum atomic E-state index is 13.0. The summed E-state index contributed by atoms with van der Waals surface area (Å²) in [5.74, 6) is 0.297. The average molecular weight is 385 g/mol. The van der Waals surface area contributed by atoms with Crippen molar-refractivity contribution in [1.82, 2.24) is 25.1 Å². The molecule has 1 amide bonds. The van der Waals surface area contributed by atoms with Crippen LogP contribution in [0.3, 0.4) is 0 Å². The van der Waals surface area contributed by atoms with Gasteiger partial charge in [-0.25, -0.2) is 4.39 Å². The van der Waals surface area contributed by atoms with E-state index >= 15 is 0 Å². The van der Waals surface area contributed by atoms with E-state index in [-0.39, 0.29) is 23.0 Å². The van der Waals surface area contributed by atoms with E-state index in [0.717, 1.165) is 11.1 Å². The zero-order valence-electron chi connectivity index (χ0n) is 15.3. The molecule has 0 fully saturated rings. The highest BCUT2D eigenvalue weighted by Crippen LogP contribution is 2.26. The number of nitrogens with one attached hydrogen (secondary N) is 1. The monoisotopic (exact) mass is 385 g/mol. The summed E-state index contributed by atoms with van der Waals surface area (Å²) in [7, 11) is 1.86. The summed E-state index contributed by atoms with van der Waals surface area (Å²) in [5.41, 5.74) is 1.76. The third-order valence-corrected chi connectivity index (χ3v) is 5.29. The Kier molecular flexibility index (Phi) is 5.85. The van der Waals surface area contributed by atoms with E-state index in [1.54, 1.807) is 24.5 Å². The maximum Gasteiger partial charge on any atom is 0.233 e. The minimum Gasteiger partial charge on any atom is -0.349 e. The predicted octanol–water partition coefficient (Wildman–Crippen LogP) is 3.37. The van der Waals surface area contributed by atoms with Crippen LogP contribution in [-0.2, 0) is 11.8 Å². The van der Waals surface area contributed by atoms with Crippen LogP contribution in [0.5, 0.6) is 0 Å². The van der Waals surface area contributed by atoms with Gasteiger partial charge < -0.3 is 9.88 Å². The summed E-state index contributed by atoms with van der Waals surface area (Å²) in [6.45, 7) is 3.69. The third-order valence-electron chi connectivity index (χ3n) is 4.15. The molecule has 8 heteroatoms. The van der Waals surface area contributed by atoms with Crippen molar-refractivity contribution in [2.75, 3.05) is 0 Å². The van der Waals surface area contributed by atoms with Crippen LogP contribution in [0.15, 0.2) is 53.9 Å². The number of benzene rings is 1. The third kappa shape index (κ3) is 4.51. The van der Waals surface area contributed by atoms with E-state index in [2.05, 4.69) is 20.5 Å². The number of pyridine rings is 1. The molecular weight excluding hydrogens is 365 g/mol. The minimum absolute atomic E-state index is 0.120. The molecule has 1 aromatic carbocycles. The summed E-state index contributed by atoms with van der Waals surface area (Å²) in [5, 5.41) is 11.6. The van der Waals surface area contributed by atoms with E-state index in [0.29, 0.717) is 11.0 Å². The van der Waals surface area contributed by atoms with E-state index < -0.39 is 0 Å². The molecule has 0 aliphatic carbocycles. The lowest BCUT2D eigenvalue weighted by Crippen LogP contribution is -2.33. The Morgan fingerprint density at radius 2 is 1.78 bits per heavy atom. The average Bonchev–Trinajstić information content (AvgIpc) is 3.03. The second-order valence-corrected chi connectivity index (χ2v) is 7.45. The fraction of sp³-hybridized carbons (Fsp3) is 0.263. The molecule has 2 atom stereocenters. The Morgan fingerprint density at radius 3 is 2.44 bits per heavy atom. The van der Waals surface area contributed by atoms with Gasteiger partial charge in [-0.3, -0.25) is 9.78 Å². The van der Waals surface area contributed by atoms with Gasteiger partial charge in [-0.2, -0.15) is 0 Å². The van der Waals surface area contributed by atoms with Crippen LogP contribution in [0.25, 0.3) is 11.4 Å². The van der Waals surface area contributed by atoms with Gasteiger partial charge in [0.15, 0.2) is 11.0 Å². The lowest BCUT2D eigenvalue weighted by molar-refractivity contribution is -0.120. The van der Waals surface area contributed by atoms with E-state index in [4.69, 9.17) is 0 Å². The first-order valence-electron chi connectivity index (χ1n) is 8.48. The molecule has 0 unspecified atom stereocenters. The molecule has 3 rings (SSSR count). The van der Waals surface area contributed by atoms with Gasteiger partial charge in [0.2, 0.25) is 5.91 Å². The van der Waals surface area contributed by atoms with Gasteiger partial charge in [0.05, 0.1) is 11.3 Å². The number of carbonyl (C=O) groups is 1. The largest absolute Gasteiger partial charge is 0.349 e. The van der Waals surface area contributed by atoms with E-state index in [1.165, 1.54) is 23.9 Å². The number of rotatable bonds is 6. The molecule has 0 aliphatic heterocycles. The molecule has 0 spiro atoms. The second-order valence-electron chi connectivity index (χ2n) is 6.14. The summed E-state index contributed by atoms with van der Waals surface area (Å²) >= 11 is 1.34. The fourth-order valence-corrected chi connectivity index (χ4v) is 3.37. The Balaban J connectivity index is 1.65. The van der Waals surface area contributed by atoms with Gasteiger partial charge >= 0.3 is 0 Å². The predicted molar refractivity (Wildman–Crippen MR) is 103 cm³/mol. The number of halogens is 1. The molecule has 27 heavy (non-hydrogen) atoms. The molecule has 2 heterocycles. The number of carbonyl (C=O) groups excluding carboxylic acids is 1. The van der Waals surface area contributed by atoms with Crippen LogP contribution >= 0.6 is 11.8 Å². The normalized spacial score (nSPS) is 13.2. The highest BCUT2D eigenvalue weighted by Gasteiger charge is 2.21. The van der Waals surface area contributed by atoms with E-state index in [9.17, 15) is 9.18 Å². The molecule has 0 bridgehead atoms. The zero-order chi connectivity index (χ0) is 19.4. The van der Waals surface area contributed by atoms with Crippen molar-refractivity contribution in [1.29, 1.82) is 0 Å². The molecule has 140 valence electrons. The molecular formula is C19H20FN5OS. The van der Waals surface area contributed by atoms with Crippen molar-refractivity contribution < 1.29 is 9.18 Å². The Morgan fingerprint density at radius 1 is 1.11 bits per heavy atom. The summed E-state index contributed by atoms with van der Waals surface area (Å²) in [6, 6.07) is 9.61. The molecule has 2 aromatic heterocycles. The molecule has 0 saturated heterocycles. The number of thioether (sulfide) groups is 1. The molecule has 3 aromatic rings. The van der Waals surface area contributed by atoms with Crippen LogP contribution in [-0.4, -0.2) is 30.9 Å². The zero-order valence-corrected chi connectivity index (χ0v) is 16.1. The van der Waals surface area contributed by atoms with Gasteiger partial charge in [0, 0.05) is 25.0 Å². The quantitative estimate of drug-likeness (QED) is 0.659. The Labute approximate surface area is 161 Å². The van der Waals surface area contributed by atoms with Crippen LogP contribution in [0, 0.1) is 5.82 Å². The number of nitrogens with zero attached hydrogens (tertiary/aromatic N) is 4. The molecule has 6 nitrogen and oxygen atoms in total. The topological polar surface area (TPSA) is 72.7 Å². The lowest BCUT2D eigenvalue weighted by Gasteiger charge is -2.17. The van der Waals surface area contributed by atoms with Crippen molar-refractivity contribution in [3.63, 3.8) is 0 Å². The molecule has 0 aliphatic rings. The van der Waals surface area contributed by atoms with Crippen LogP contribution in [0.4, 0.5) is 4.39 Å². The van der Waals surface area contributed by atoms with Crippen molar-refractivity contribution in [2.45, 2.75) is 30.3 Å². The van der Waals surface area contributed by atoms with Gasteiger partial charge in [-0.15, -0.1) is 10.2 Å². The van der Waals surface area contributed by atoms with Crippen LogP contribution in [0.2, 0.25) is 0 Å². The molecule has 0 radical (unpaired) electrons. The van der Waals surface area contributed by atoms with Gasteiger partial charge in [0.1, 0.15) is 5.82 Å².